The van der Waals surface area contributed by atoms with Crippen molar-refractivity contribution in [2.45, 2.75) is 164 Å². The van der Waals surface area contributed by atoms with Crippen LogP contribution >= 0.6 is 0 Å². The van der Waals surface area contributed by atoms with Crippen LogP contribution < -0.4 is 0 Å². The summed E-state index contributed by atoms with van der Waals surface area (Å²) in [6.45, 7) is 0. The summed E-state index contributed by atoms with van der Waals surface area (Å²) in [6.07, 6.45) is 19.0. The zero-order valence-electron chi connectivity index (χ0n) is 21.1. The Morgan fingerprint density at radius 3 is 0.559 bits per heavy atom. The molecule has 8 nitrogen and oxygen atoms in total. The molecule has 0 aromatic carbocycles. The Morgan fingerprint density at radius 2 is 0.382 bits per heavy atom. The van der Waals surface area contributed by atoms with Crippen LogP contribution in [0.3, 0.4) is 0 Å². The van der Waals surface area contributed by atoms with E-state index in [2.05, 4.69) is 0 Å². The maximum absolute atomic E-state index is 10.2. The Morgan fingerprint density at radius 1 is 0.235 bits per heavy atom. The molecule has 0 aromatic rings. The van der Waals surface area contributed by atoms with Gasteiger partial charge in [0.2, 0.25) is 11.6 Å². The van der Waals surface area contributed by atoms with Crippen molar-refractivity contribution in [2.75, 3.05) is 0 Å². The van der Waals surface area contributed by atoms with Crippen molar-refractivity contribution in [3.63, 3.8) is 0 Å². The van der Waals surface area contributed by atoms with Crippen LogP contribution in [0, 0.1) is 0 Å². The van der Waals surface area contributed by atoms with Gasteiger partial charge < -0.3 is 40.9 Å². The monoisotopic (exact) mass is 492 g/mol. The summed E-state index contributed by atoms with van der Waals surface area (Å²) in [5.74, 6) is -14.6. The molecule has 0 amide bonds. The molecule has 0 spiro atoms. The van der Waals surface area contributed by atoms with E-state index in [9.17, 15) is 40.9 Å². The van der Waals surface area contributed by atoms with Crippen molar-refractivity contribution >= 4 is 0 Å². The van der Waals surface area contributed by atoms with Gasteiger partial charge in [-0.2, -0.15) is 0 Å². The van der Waals surface area contributed by atoms with E-state index in [4.69, 9.17) is 0 Å². The van der Waals surface area contributed by atoms with Gasteiger partial charge in [0.1, 0.15) is 0 Å². The van der Waals surface area contributed by atoms with Crippen LogP contribution in [-0.4, -0.2) is 64.0 Å². The Balaban J connectivity index is 2.63. The number of hydrogen-bond acceptors (Lipinski definition) is 8. The summed E-state index contributed by atoms with van der Waals surface area (Å²) in [4.78, 5) is 0. The van der Waals surface area contributed by atoms with Crippen molar-refractivity contribution in [1.29, 1.82) is 0 Å². The van der Waals surface area contributed by atoms with E-state index in [1.54, 1.807) is 0 Å². The van der Waals surface area contributed by atoms with Gasteiger partial charge in [-0.3, -0.25) is 0 Å². The van der Waals surface area contributed by atoms with Crippen molar-refractivity contribution in [3.05, 3.63) is 0 Å². The molecule has 1 aliphatic rings. The molecule has 8 N–H and O–H groups in total. The average Bonchev–Trinajstić information content (AvgIpc) is 2.76. The number of aliphatic hydroxyl groups is 8. The summed E-state index contributed by atoms with van der Waals surface area (Å²) in [6, 6.07) is 0. The molecule has 0 aromatic heterocycles. The molecule has 0 aliphatic heterocycles. The lowest BCUT2D eigenvalue weighted by molar-refractivity contribution is -0.507. The van der Waals surface area contributed by atoms with E-state index in [-0.39, 0.29) is 12.8 Å². The summed E-state index contributed by atoms with van der Waals surface area (Å²) < 4.78 is 0. The van der Waals surface area contributed by atoms with Gasteiger partial charge in [0, 0.05) is 12.8 Å². The Labute approximate surface area is 205 Å². The summed E-state index contributed by atoms with van der Waals surface area (Å²) >= 11 is 0. The fraction of sp³-hybridized carbons (Fsp3) is 1.00. The van der Waals surface area contributed by atoms with Crippen LogP contribution in [0.25, 0.3) is 0 Å². The molecule has 0 atom stereocenters. The van der Waals surface area contributed by atoms with Gasteiger partial charge in [-0.15, -0.1) is 0 Å². The summed E-state index contributed by atoms with van der Waals surface area (Å²) in [5, 5.41) is 81.6. The third-order valence-corrected chi connectivity index (χ3v) is 7.40. The first-order chi connectivity index (χ1) is 16.0. The molecule has 204 valence electrons. The zero-order chi connectivity index (χ0) is 25.6. The molecule has 0 bridgehead atoms. The fourth-order valence-electron chi connectivity index (χ4n) is 4.83. The van der Waals surface area contributed by atoms with Crippen LogP contribution in [-0.2, 0) is 0 Å². The Hall–Kier alpha value is -0.320. The molecule has 1 saturated carbocycles. The third kappa shape index (κ3) is 10.3. The van der Waals surface area contributed by atoms with Crippen molar-refractivity contribution < 1.29 is 40.9 Å². The van der Waals surface area contributed by atoms with Gasteiger partial charge in [-0.1, -0.05) is 116 Å². The minimum absolute atomic E-state index is 0.204. The van der Waals surface area contributed by atoms with Crippen LogP contribution in [0.1, 0.15) is 141 Å². The van der Waals surface area contributed by atoms with E-state index < -0.39 is 36.0 Å². The van der Waals surface area contributed by atoms with Crippen LogP contribution in [0.15, 0.2) is 0 Å². The van der Waals surface area contributed by atoms with Crippen molar-refractivity contribution in [2.24, 2.45) is 0 Å². The number of rotatable bonds is 0. The molecule has 1 aliphatic carbocycles. The maximum atomic E-state index is 10.2. The highest BCUT2D eigenvalue weighted by Gasteiger charge is 2.69. The minimum atomic E-state index is -3.96. The molecule has 0 unspecified atom stereocenters. The quantitative estimate of drug-likeness (QED) is 0.239. The number of hydrogen-bond donors (Lipinski definition) is 8. The minimum Gasteiger partial charge on any atom is -0.361 e. The molecular weight excluding hydrogens is 440 g/mol. The molecule has 8 heteroatoms. The van der Waals surface area contributed by atoms with E-state index in [1.807, 2.05) is 0 Å². The van der Waals surface area contributed by atoms with Gasteiger partial charge in [-0.05, 0) is 12.8 Å². The lowest BCUT2D eigenvalue weighted by atomic mass is 9.84. The highest BCUT2D eigenvalue weighted by atomic mass is 16.7. The maximum Gasteiger partial charge on any atom is 0.279 e. The van der Waals surface area contributed by atoms with Gasteiger partial charge in [-0.25, -0.2) is 0 Å². The topological polar surface area (TPSA) is 162 Å². The third-order valence-electron chi connectivity index (χ3n) is 7.40. The SMILES string of the molecule is OC1(O)CCCCCCCCCCCCCCCCCCCCCCC(O)(O)C(O)(O)C1(O)O. The van der Waals surface area contributed by atoms with Gasteiger partial charge in [0.05, 0.1) is 0 Å². The fourth-order valence-corrected chi connectivity index (χ4v) is 4.83. The Bertz CT molecular complexity index is 473. The van der Waals surface area contributed by atoms with Gasteiger partial charge in [0.25, 0.3) is 11.6 Å². The van der Waals surface area contributed by atoms with Crippen molar-refractivity contribution in [3.8, 4) is 0 Å². The average molecular weight is 493 g/mol. The molecule has 0 radical (unpaired) electrons. The molecular formula is C26H52O8. The second-order valence-electron chi connectivity index (χ2n) is 10.5. The molecule has 1 rings (SSSR count). The molecule has 0 heterocycles. The molecule has 34 heavy (non-hydrogen) atoms. The van der Waals surface area contributed by atoms with Crippen molar-refractivity contribution in [1.82, 2.24) is 0 Å². The summed E-state index contributed by atoms with van der Waals surface area (Å²) in [5.41, 5.74) is 0. The predicted molar refractivity (Wildman–Crippen MR) is 130 cm³/mol. The first-order valence-electron chi connectivity index (χ1n) is 13.7. The predicted octanol–water partition coefficient (Wildman–Crippen LogP) is 3.31. The first-order valence-corrected chi connectivity index (χ1v) is 13.7. The second-order valence-corrected chi connectivity index (χ2v) is 10.5. The smallest absolute Gasteiger partial charge is 0.279 e. The van der Waals surface area contributed by atoms with E-state index in [0.29, 0.717) is 12.8 Å². The van der Waals surface area contributed by atoms with Crippen LogP contribution in [0.4, 0.5) is 0 Å². The Kier molecular flexibility index (Phi) is 14.7. The first kappa shape index (κ1) is 31.7. The van der Waals surface area contributed by atoms with E-state index in [0.717, 1.165) is 38.5 Å². The van der Waals surface area contributed by atoms with E-state index in [1.165, 1.54) is 64.2 Å². The highest BCUT2D eigenvalue weighted by molar-refractivity contribution is 5.00. The van der Waals surface area contributed by atoms with Crippen LogP contribution in [0.2, 0.25) is 0 Å². The lowest BCUT2D eigenvalue weighted by Gasteiger charge is -2.47. The molecule has 1 fully saturated rings. The zero-order valence-corrected chi connectivity index (χ0v) is 21.1. The normalized spacial score (nSPS) is 27.5. The van der Waals surface area contributed by atoms with Gasteiger partial charge in [0.15, 0.2) is 0 Å². The largest absolute Gasteiger partial charge is 0.361 e. The van der Waals surface area contributed by atoms with Gasteiger partial charge >= 0.3 is 0 Å². The highest BCUT2D eigenvalue weighted by Crippen LogP contribution is 2.39. The lowest BCUT2D eigenvalue weighted by Crippen LogP contribution is -2.76. The molecule has 0 saturated heterocycles. The second kappa shape index (κ2) is 15.7. The summed E-state index contributed by atoms with van der Waals surface area (Å²) in [7, 11) is 0. The van der Waals surface area contributed by atoms with Crippen LogP contribution in [0.5, 0.6) is 0 Å². The standard InChI is InChI=1S/C26H52O8/c27-23(28)21-19-17-15-13-11-9-7-5-3-1-2-4-6-8-10-12-14-16-18-20-22-24(29,30)26(33,34)25(23,31)32/h27-34H,1-22H2. The van der Waals surface area contributed by atoms with E-state index >= 15 is 0 Å².